The third-order valence-corrected chi connectivity index (χ3v) is 5.76. The van der Waals surface area contributed by atoms with Crippen LogP contribution in [0.25, 0.3) is 0 Å². The number of nitrogens with one attached hydrogen (secondary N) is 2. The summed E-state index contributed by atoms with van der Waals surface area (Å²) >= 11 is 0. The van der Waals surface area contributed by atoms with Gasteiger partial charge < -0.3 is 30.6 Å². The van der Waals surface area contributed by atoms with Crippen molar-refractivity contribution in [3.8, 4) is 0 Å². The largest absolute Gasteiger partial charge is 0.380 e. The van der Waals surface area contributed by atoms with Gasteiger partial charge in [-0.2, -0.15) is 0 Å². The van der Waals surface area contributed by atoms with Gasteiger partial charge in [0.15, 0.2) is 12.2 Å². The van der Waals surface area contributed by atoms with Gasteiger partial charge in [-0.3, -0.25) is 14.4 Å². The number of carbonyl (C=O) groups is 3. The van der Waals surface area contributed by atoms with E-state index in [4.69, 9.17) is 0 Å². The Bertz CT molecular complexity index is 933. The van der Waals surface area contributed by atoms with Gasteiger partial charge in [0.25, 0.3) is 11.8 Å². The summed E-state index contributed by atoms with van der Waals surface area (Å²) < 4.78 is 0. The molecule has 2 aromatic carbocycles. The number of nitrogens with zero attached hydrogens (tertiary/aromatic N) is 2. The molecule has 9 heteroatoms. The summed E-state index contributed by atoms with van der Waals surface area (Å²) in [5.41, 5.74) is 2.12. The Kier molecular flexibility index (Phi) is 9.42. The molecule has 2 unspecified atom stereocenters. The zero-order chi connectivity index (χ0) is 24.3. The number of rotatable bonds is 10. The Hall–Kier alpha value is -3.43. The Balaban J connectivity index is 1.33. The van der Waals surface area contributed by atoms with Gasteiger partial charge >= 0.3 is 0 Å². The molecule has 1 fully saturated rings. The summed E-state index contributed by atoms with van der Waals surface area (Å²) in [6.45, 7) is 2.20. The van der Waals surface area contributed by atoms with Gasteiger partial charge in [0.05, 0.1) is 0 Å². The van der Waals surface area contributed by atoms with Crippen molar-refractivity contribution >= 4 is 23.4 Å². The highest BCUT2D eigenvalue weighted by Crippen LogP contribution is 2.16. The van der Waals surface area contributed by atoms with Crippen molar-refractivity contribution in [2.45, 2.75) is 25.0 Å². The minimum Gasteiger partial charge on any atom is -0.380 e. The van der Waals surface area contributed by atoms with E-state index in [9.17, 15) is 24.6 Å². The maximum atomic E-state index is 12.6. The molecule has 0 radical (unpaired) electrons. The summed E-state index contributed by atoms with van der Waals surface area (Å²) in [6, 6.07) is 19.5. The van der Waals surface area contributed by atoms with Crippen molar-refractivity contribution in [2.24, 2.45) is 0 Å². The first kappa shape index (κ1) is 25.2. The molecule has 4 N–H and O–H groups in total. The predicted molar refractivity (Wildman–Crippen MR) is 128 cm³/mol. The quantitative estimate of drug-likeness (QED) is 0.362. The standard InChI is InChI=1S/C25H32N4O5/c30-21(12-11-19-7-3-1-4-8-19)26-13-14-27-24(33)22(31)23(32)25(34)29-17-15-28(16-18-29)20-9-5-2-6-10-20/h1-10,22-23,31-32H,11-18H2,(H,26,30)(H,27,33). The van der Waals surface area contributed by atoms with Crippen LogP contribution in [-0.4, -0.2) is 84.3 Å². The SMILES string of the molecule is O=C(CCc1ccccc1)NCCNC(=O)C(O)C(O)C(=O)N1CCN(c2ccccc2)CC1. The molecule has 3 rings (SSSR count). The molecule has 0 spiro atoms. The van der Waals surface area contributed by atoms with E-state index in [2.05, 4.69) is 15.5 Å². The maximum Gasteiger partial charge on any atom is 0.254 e. The molecule has 34 heavy (non-hydrogen) atoms. The lowest BCUT2D eigenvalue weighted by Crippen LogP contribution is -2.56. The summed E-state index contributed by atoms with van der Waals surface area (Å²) in [7, 11) is 0. The van der Waals surface area contributed by atoms with Gasteiger partial charge in [-0.15, -0.1) is 0 Å². The minimum atomic E-state index is -1.88. The first-order valence-corrected chi connectivity index (χ1v) is 11.5. The van der Waals surface area contributed by atoms with E-state index in [1.54, 1.807) is 0 Å². The molecule has 182 valence electrons. The molecule has 1 heterocycles. The van der Waals surface area contributed by atoms with Gasteiger partial charge in [0.2, 0.25) is 5.91 Å². The van der Waals surface area contributed by atoms with E-state index in [-0.39, 0.29) is 19.0 Å². The average molecular weight is 469 g/mol. The van der Waals surface area contributed by atoms with E-state index in [0.717, 1.165) is 11.3 Å². The van der Waals surface area contributed by atoms with Crippen LogP contribution in [0.5, 0.6) is 0 Å². The second-order valence-electron chi connectivity index (χ2n) is 8.16. The number of hydrogen-bond donors (Lipinski definition) is 4. The number of aryl methyl sites for hydroxylation is 1. The number of aliphatic hydroxyl groups excluding tert-OH is 2. The van der Waals surface area contributed by atoms with Crippen molar-refractivity contribution in [3.63, 3.8) is 0 Å². The van der Waals surface area contributed by atoms with Crippen molar-refractivity contribution in [1.29, 1.82) is 0 Å². The Morgan fingerprint density at radius 2 is 1.38 bits per heavy atom. The van der Waals surface area contributed by atoms with Gasteiger partial charge in [-0.25, -0.2) is 0 Å². The van der Waals surface area contributed by atoms with E-state index in [1.165, 1.54) is 4.90 Å². The number of para-hydroxylation sites is 1. The lowest BCUT2D eigenvalue weighted by atomic mass is 10.1. The first-order valence-electron chi connectivity index (χ1n) is 11.5. The third kappa shape index (κ3) is 7.29. The fourth-order valence-electron chi connectivity index (χ4n) is 3.77. The van der Waals surface area contributed by atoms with Crippen LogP contribution in [0.15, 0.2) is 60.7 Å². The summed E-state index contributed by atoms with van der Waals surface area (Å²) in [5, 5.41) is 25.5. The van der Waals surface area contributed by atoms with E-state index >= 15 is 0 Å². The fourth-order valence-corrected chi connectivity index (χ4v) is 3.77. The van der Waals surface area contributed by atoms with E-state index < -0.39 is 24.0 Å². The lowest BCUT2D eigenvalue weighted by molar-refractivity contribution is -0.153. The summed E-state index contributed by atoms with van der Waals surface area (Å²) in [6.07, 6.45) is -2.78. The van der Waals surface area contributed by atoms with Gasteiger partial charge in [-0.05, 0) is 24.1 Å². The number of hydrogen-bond acceptors (Lipinski definition) is 6. The van der Waals surface area contributed by atoms with Crippen LogP contribution in [0.1, 0.15) is 12.0 Å². The Morgan fingerprint density at radius 1 is 0.794 bits per heavy atom. The number of aliphatic hydroxyl groups is 2. The van der Waals surface area contributed by atoms with Gasteiger partial charge in [0.1, 0.15) is 0 Å². The van der Waals surface area contributed by atoms with Crippen molar-refractivity contribution in [2.75, 3.05) is 44.2 Å². The third-order valence-electron chi connectivity index (χ3n) is 5.76. The Morgan fingerprint density at radius 3 is 2.03 bits per heavy atom. The van der Waals surface area contributed by atoms with Gasteiger partial charge in [0, 0.05) is 51.4 Å². The number of amides is 3. The van der Waals surface area contributed by atoms with E-state index in [0.29, 0.717) is 39.0 Å². The number of piperazine rings is 1. The normalized spacial score (nSPS) is 15.4. The molecule has 0 aromatic heterocycles. The van der Waals surface area contributed by atoms with Crippen LogP contribution < -0.4 is 15.5 Å². The van der Waals surface area contributed by atoms with Crippen LogP contribution in [0.4, 0.5) is 5.69 Å². The topological polar surface area (TPSA) is 122 Å². The molecule has 2 atom stereocenters. The fraction of sp³-hybridized carbons (Fsp3) is 0.400. The summed E-state index contributed by atoms with van der Waals surface area (Å²) in [4.78, 5) is 40.2. The highest BCUT2D eigenvalue weighted by Gasteiger charge is 2.34. The van der Waals surface area contributed by atoms with Crippen molar-refractivity contribution in [3.05, 3.63) is 66.2 Å². The maximum absolute atomic E-state index is 12.6. The van der Waals surface area contributed by atoms with Crippen molar-refractivity contribution in [1.82, 2.24) is 15.5 Å². The second-order valence-corrected chi connectivity index (χ2v) is 8.16. The van der Waals surface area contributed by atoms with Gasteiger partial charge in [-0.1, -0.05) is 48.5 Å². The first-order chi connectivity index (χ1) is 16.5. The monoisotopic (exact) mass is 468 g/mol. The average Bonchev–Trinajstić information content (AvgIpc) is 2.89. The molecule has 9 nitrogen and oxygen atoms in total. The molecule has 0 saturated carbocycles. The van der Waals surface area contributed by atoms with Crippen LogP contribution in [0, 0.1) is 0 Å². The van der Waals surface area contributed by atoms with E-state index in [1.807, 2.05) is 60.7 Å². The second kappa shape index (κ2) is 12.7. The highest BCUT2D eigenvalue weighted by atomic mass is 16.3. The molecule has 1 aliphatic heterocycles. The van der Waals surface area contributed by atoms with Crippen molar-refractivity contribution < 1.29 is 24.6 Å². The molecular formula is C25H32N4O5. The molecule has 2 aromatic rings. The predicted octanol–water partition coefficient (Wildman–Crippen LogP) is -0.0778. The lowest BCUT2D eigenvalue weighted by Gasteiger charge is -2.37. The zero-order valence-electron chi connectivity index (χ0n) is 19.1. The number of carbonyl (C=O) groups excluding carboxylic acids is 3. The molecule has 1 saturated heterocycles. The number of benzene rings is 2. The molecule has 3 amide bonds. The molecule has 0 bridgehead atoms. The molecule has 0 aliphatic carbocycles. The summed E-state index contributed by atoms with van der Waals surface area (Å²) in [5.74, 6) is -1.68. The molecule has 1 aliphatic rings. The highest BCUT2D eigenvalue weighted by molar-refractivity contribution is 5.90. The minimum absolute atomic E-state index is 0.0730. The van der Waals surface area contributed by atoms with Crippen LogP contribution in [0.2, 0.25) is 0 Å². The zero-order valence-corrected chi connectivity index (χ0v) is 19.1. The number of anilines is 1. The van der Waals surface area contributed by atoms with Crippen LogP contribution in [0.3, 0.4) is 0 Å². The molecular weight excluding hydrogens is 436 g/mol. The Labute approximate surface area is 199 Å². The van der Waals surface area contributed by atoms with Crippen LogP contribution >= 0.6 is 0 Å². The van der Waals surface area contributed by atoms with Crippen LogP contribution in [-0.2, 0) is 20.8 Å². The smallest absolute Gasteiger partial charge is 0.254 e.